The molecule has 0 spiro atoms. The lowest BCUT2D eigenvalue weighted by atomic mass is 10.2. The normalized spacial score (nSPS) is 10.4. The Morgan fingerprint density at radius 1 is 1.31 bits per heavy atom. The molecule has 0 aliphatic heterocycles. The van der Waals surface area contributed by atoms with Gasteiger partial charge in [0, 0.05) is 5.39 Å². The molecule has 0 aliphatic rings. The minimum atomic E-state index is -0.0780. The summed E-state index contributed by atoms with van der Waals surface area (Å²) >= 11 is 6.04. The molecular weight excluding hydrogens is 226 g/mol. The van der Waals surface area contributed by atoms with Gasteiger partial charge in [0.15, 0.2) is 5.96 Å². The summed E-state index contributed by atoms with van der Waals surface area (Å²) in [5.74, 6) is 0.143. The maximum atomic E-state index is 6.04. The summed E-state index contributed by atoms with van der Waals surface area (Å²) in [4.78, 5) is 12.2. The first kappa shape index (κ1) is 10.6. The van der Waals surface area contributed by atoms with Crippen LogP contribution in [0.5, 0.6) is 0 Å². The number of aliphatic imine (C=N–C) groups is 1. The van der Waals surface area contributed by atoms with Gasteiger partial charge in [0.05, 0.1) is 16.2 Å². The second kappa shape index (κ2) is 3.94. The zero-order chi connectivity index (χ0) is 11.7. The highest BCUT2D eigenvalue weighted by molar-refractivity contribution is 6.35. The molecule has 0 saturated carbocycles. The molecule has 4 N–H and O–H groups in total. The van der Waals surface area contributed by atoms with Crippen molar-refractivity contribution in [3.8, 4) is 0 Å². The van der Waals surface area contributed by atoms with E-state index in [2.05, 4.69) is 15.0 Å². The van der Waals surface area contributed by atoms with Crippen LogP contribution in [0.15, 0.2) is 23.2 Å². The average Bonchev–Trinajstić information content (AvgIpc) is 2.19. The highest BCUT2D eigenvalue weighted by atomic mass is 35.5. The van der Waals surface area contributed by atoms with Crippen molar-refractivity contribution in [1.82, 2.24) is 9.97 Å². The molecule has 0 amide bonds. The average molecular weight is 236 g/mol. The number of halogens is 1. The van der Waals surface area contributed by atoms with E-state index in [1.807, 2.05) is 19.1 Å². The number of hydrogen-bond acceptors (Lipinski definition) is 3. The fourth-order valence-corrected chi connectivity index (χ4v) is 1.64. The van der Waals surface area contributed by atoms with Gasteiger partial charge in [-0.2, -0.15) is 4.99 Å². The number of guanidine groups is 1. The molecule has 1 heterocycles. The van der Waals surface area contributed by atoms with E-state index in [4.69, 9.17) is 23.1 Å². The van der Waals surface area contributed by atoms with Crippen molar-refractivity contribution >= 4 is 34.4 Å². The third kappa shape index (κ3) is 1.90. The first-order valence-electron chi connectivity index (χ1n) is 4.60. The molecule has 1 aromatic carbocycles. The van der Waals surface area contributed by atoms with Crippen LogP contribution in [-0.4, -0.2) is 15.9 Å². The van der Waals surface area contributed by atoms with Gasteiger partial charge in [0.1, 0.15) is 0 Å². The summed E-state index contributed by atoms with van der Waals surface area (Å²) in [6.45, 7) is 1.85. The Balaban J connectivity index is 2.75. The fourth-order valence-electron chi connectivity index (χ4n) is 1.42. The Kier molecular flexibility index (Phi) is 2.62. The zero-order valence-corrected chi connectivity index (χ0v) is 9.36. The molecule has 2 rings (SSSR count). The Morgan fingerprint density at radius 2 is 2.06 bits per heavy atom. The zero-order valence-electron chi connectivity index (χ0n) is 8.61. The first-order chi connectivity index (χ1) is 7.58. The van der Waals surface area contributed by atoms with Crippen molar-refractivity contribution in [3.63, 3.8) is 0 Å². The number of fused-ring (bicyclic) bond motifs is 1. The lowest BCUT2D eigenvalue weighted by Gasteiger charge is -2.03. The standard InChI is InChI=1S/C10H10ClN5/c1-5-6-3-2-4-7(11)8(6)15-10(14-5)16-9(12)13/h2-4H,1H3,(H4,12,13,14,15,16). The minimum Gasteiger partial charge on any atom is -0.370 e. The van der Waals surface area contributed by atoms with Crippen molar-refractivity contribution in [2.45, 2.75) is 6.92 Å². The largest absolute Gasteiger partial charge is 0.370 e. The SMILES string of the molecule is Cc1nc(N=C(N)N)nc2c(Cl)cccc12. The van der Waals surface area contributed by atoms with E-state index in [-0.39, 0.29) is 11.9 Å². The van der Waals surface area contributed by atoms with Crippen LogP contribution in [0.1, 0.15) is 5.69 Å². The molecule has 0 aliphatic carbocycles. The number of nitrogens with two attached hydrogens (primary N) is 2. The number of para-hydroxylation sites is 1. The summed E-state index contributed by atoms with van der Waals surface area (Å²) in [6, 6.07) is 5.51. The van der Waals surface area contributed by atoms with E-state index in [0.29, 0.717) is 10.5 Å². The Labute approximate surface area is 97.2 Å². The van der Waals surface area contributed by atoms with Gasteiger partial charge in [0.25, 0.3) is 5.95 Å². The van der Waals surface area contributed by atoms with E-state index in [1.165, 1.54) is 0 Å². The van der Waals surface area contributed by atoms with Gasteiger partial charge in [-0.25, -0.2) is 9.97 Å². The predicted molar refractivity (Wildman–Crippen MR) is 64.8 cm³/mol. The first-order valence-corrected chi connectivity index (χ1v) is 4.98. The lowest BCUT2D eigenvalue weighted by Crippen LogP contribution is -2.22. The summed E-state index contributed by atoms with van der Waals surface area (Å²) in [6.07, 6.45) is 0. The number of benzene rings is 1. The van der Waals surface area contributed by atoms with Gasteiger partial charge in [0.2, 0.25) is 0 Å². The summed E-state index contributed by atoms with van der Waals surface area (Å²) in [5, 5.41) is 1.44. The van der Waals surface area contributed by atoms with Crippen LogP contribution in [0.4, 0.5) is 5.95 Å². The van der Waals surface area contributed by atoms with Gasteiger partial charge in [-0.3, -0.25) is 0 Å². The monoisotopic (exact) mass is 235 g/mol. The molecule has 0 fully saturated rings. The number of nitrogens with zero attached hydrogens (tertiary/aromatic N) is 3. The van der Waals surface area contributed by atoms with Gasteiger partial charge in [-0.1, -0.05) is 23.7 Å². The summed E-state index contributed by atoms with van der Waals surface area (Å²) < 4.78 is 0. The highest BCUT2D eigenvalue weighted by Crippen LogP contribution is 2.24. The lowest BCUT2D eigenvalue weighted by molar-refractivity contribution is 1.12. The number of aromatic nitrogens is 2. The number of hydrogen-bond donors (Lipinski definition) is 2. The van der Waals surface area contributed by atoms with Gasteiger partial charge in [-0.05, 0) is 13.0 Å². The number of rotatable bonds is 1. The highest BCUT2D eigenvalue weighted by Gasteiger charge is 2.06. The minimum absolute atomic E-state index is 0.0780. The topological polar surface area (TPSA) is 90.2 Å². The van der Waals surface area contributed by atoms with Crippen LogP contribution in [0.25, 0.3) is 10.9 Å². The van der Waals surface area contributed by atoms with E-state index in [1.54, 1.807) is 6.07 Å². The maximum absolute atomic E-state index is 6.04. The van der Waals surface area contributed by atoms with E-state index < -0.39 is 0 Å². The van der Waals surface area contributed by atoms with E-state index in [0.717, 1.165) is 11.1 Å². The Morgan fingerprint density at radius 3 is 2.75 bits per heavy atom. The van der Waals surface area contributed by atoms with Crippen molar-refractivity contribution in [3.05, 3.63) is 28.9 Å². The predicted octanol–water partition coefficient (Wildman–Crippen LogP) is 1.50. The van der Waals surface area contributed by atoms with Crippen LogP contribution >= 0.6 is 11.6 Å². The quantitative estimate of drug-likeness (QED) is 0.579. The molecule has 0 unspecified atom stereocenters. The molecule has 0 radical (unpaired) electrons. The van der Waals surface area contributed by atoms with E-state index in [9.17, 15) is 0 Å². The molecule has 5 nitrogen and oxygen atoms in total. The van der Waals surface area contributed by atoms with E-state index >= 15 is 0 Å². The Bertz CT molecular complexity index is 575. The molecule has 2 aromatic rings. The van der Waals surface area contributed by atoms with Crippen LogP contribution < -0.4 is 11.5 Å². The molecular formula is C10H10ClN5. The van der Waals surface area contributed by atoms with Gasteiger partial charge < -0.3 is 11.5 Å². The second-order valence-corrected chi connectivity index (χ2v) is 3.69. The third-order valence-electron chi connectivity index (χ3n) is 2.09. The van der Waals surface area contributed by atoms with Crippen LogP contribution in [-0.2, 0) is 0 Å². The van der Waals surface area contributed by atoms with Crippen LogP contribution in [0, 0.1) is 6.92 Å². The molecule has 16 heavy (non-hydrogen) atoms. The van der Waals surface area contributed by atoms with Crippen LogP contribution in [0.2, 0.25) is 5.02 Å². The third-order valence-corrected chi connectivity index (χ3v) is 2.39. The molecule has 0 atom stereocenters. The molecule has 82 valence electrons. The van der Waals surface area contributed by atoms with Gasteiger partial charge in [-0.15, -0.1) is 0 Å². The number of aryl methyl sites for hydroxylation is 1. The molecule has 1 aromatic heterocycles. The van der Waals surface area contributed by atoms with Crippen molar-refractivity contribution in [2.24, 2.45) is 16.5 Å². The van der Waals surface area contributed by atoms with Crippen molar-refractivity contribution in [1.29, 1.82) is 0 Å². The van der Waals surface area contributed by atoms with Crippen molar-refractivity contribution in [2.75, 3.05) is 0 Å². The fraction of sp³-hybridized carbons (Fsp3) is 0.100. The summed E-state index contributed by atoms with van der Waals surface area (Å²) in [7, 11) is 0. The second-order valence-electron chi connectivity index (χ2n) is 3.28. The molecule has 0 bridgehead atoms. The van der Waals surface area contributed by atoms with Crippen molar-refractivity contribution < 1.29 is 0 Å². The van der Waals surface area contributed by atoms with Gasteiger partial charge >= 0.3 is 0 Å². The Hall–Kier alpha value is -1.88. The smallest absolute Gasteiger partial charge is 0.253 e. The maximum Gasteiger partial charge on any atom is 0.253 e. The molecule has 6 heteroatoms. The molecule has 0 saturated heterocycles. The van der Waals surface area contributed by atoms with Crippen LogP contribution in [0.3, 0.4) is 0 Å². The summed E-state index contributed by atoms with van der Waals surface area (Å²) in [5.41, 5.74) is 12.0.